The molecule has 2 rings (SSSR count). The zero-order chi connectivity index (χ0) is 16.7. The van der Waals surface area contributed by atoms with Crippen LogP contribution in [-0.2, 0) is 19.1 Å². The minimum atomic E-state index is -1.22. The summed E-state index contributed by atoms with van der Waals surface area (Å²) in [5, 5.41) is 9.21. The normalized spacial score (nSPS) is 25.8. The van der Waals surface area contributed by atoms with Crippen molar-refractivity contribution in [3.63, 3.8) is 0 Å². The van der Waals surface area contributed by atoms with E-state index in [-0.39, 0.29) is 11.5 Å². The number of ether oxygens (including phenoxy) is 1. The number of rotatable bonds is 2. The molecule has 122 valence electrons. The van der Waals surface area contributed by atoms with Crippen molar-refractivity contribution in [2.24, 2.45) is 5.92 Å². The van der Waals surface area contributed by atoms with Gasteiger partial charge in [0.15, 0.2) is 5.78 Å². The number of imide groups is 1. The number of ketones is 1. The fourth-order valence-electron chi connectivity index (χ4n) is 2.68. The molecule has 0 aromatic carbocycles. The van der Waals surface area contributed by atoms with E-state index in [1.807, 2.05) is 0 Å². The van der Waals surface area contributed by atoms with Gasteiger partial charge in [-0.15, -0.1) is 0 Å². The van der Waals surface area contributed by atoms with Crippen molar-refractivity contribution < 1.29 is 29.1 Å². The molecule has 2 fully saturated rings. The summed E-state index contributed by atoms with van der Waals surface area (Å²) >= 11 is 0. The summed E-state index contributed by atoms with van der Waals surface area (Å²) < 4.78 is 5.26. The van der Waals surface area contributed by atoms with Crippen LogP contribution < -0.4 is 0 Å². The number of carbonyl (C=O) groups is 4. The van der Waals surface area contributed by atoms with Crippen molar-refractivity contribution in [2.75, 3.05) is 6.54 Å². The number of amides is 3. The summed E-state index contributed by atoms with van der Waals surface area (Å²) in [4.78, 5) is 48.9. The molecule has 1 unspecified atom stereocenters. The number of hydroxylamine groups is 2. The highest BCUT2D eigenvalue weighted by atomic mass is 16.6. The predicted molar refractivity (Wildman–Crippen MR) is 72.7 cm³/mol. The van der Waals surface area contributed by atoms with Gasteiger partial charge in [-0.05, 0) is 33.6 Å². The first kappa shape index (κ1) is 16.4. The first-order valence-corrected chi connectivity index (χ1v) is 7.21. The number of hydrogen-bond acceptors (Lipinski definition) is 6. The number of nitrogens with zero attached hydrogens (tertiary/aromatic N) is 2. The monoisotopic (exact) mass is 312 g/mol. The molecule has 0 spiro atoms. The first-order valence-electron chi connectivity index (χ1n) is 7.21. The lowest BCUT2D eigenvalue weighted by atomic mass is 9.95. The van der Waals surface area contributed by atoms with Gasteiger partial charge >= 0.3 is 6.09 Å². The number of likely N-dealkylation sites (tertiary alicyclic amines) is 1. The van der Waals surface area contributed by atoms with Crippen molar-refractivity contribution in [2.45, 2.75) is 51.7 Å². The van der Waals surface area contributed by atoms with E-state index in [1.54, 1.807) is 20.8 Å². The fourth-order valence-corrected chi connectivity index (χ4v) is 2.68. The lowest BCUT2D eigenvalue weighted by Gasteiger charge is -2.28. The van der Waals surface area contributed by atoms with Crippen molar-refractivity contribution in [3.8, 4) is 0 Å². The zero-order valence-electron chi connectivity index (χ0n) is 12.9. The summed E-state index contributed by atoms with van der Waals surface area (Å²) in [5.74, 6) is -3.46. The van der Waals surface area contributed by atoms with Crippen LogP contribution in [0, 0.1) is 5.92 Å². The molecule has 0 bridgehead atoms. The van der Waals surface area contributed by atoms with Crippen LogP contribution in [0.1, 0.15) is 40.0 Å². The van der Waals surface area contributed by atoms with Gasteiger partial charge in [0.2, 0.25) is 0 Å². The molecular weight excluding hydrogens is 292 g/mol. The van der Waals surface area contributed by atoms with Crippen LogP contribution in [0.25, 0.3) is 0 Å². The van der Waals surface area contributed by atoms with Crippen molar-refractivity contribution >= 4 is 23.7 Å². The quantitative estimate of drug-likeness (QED) is 0.458. The molecule has 0 aromatic rings. The predicted octanol–water partition coefficient (Wildman–Crippen LogP) is 0.719. The lowest BCUT2D eigenvalue weighted by Crippen LogP contribution is -2.46. The maximum Gasteiger partial charge on any atom is 0.410 e. The van der Waals surface area contributed by atoms with Crippen LogP contribution in [0.5, 0.6) is 0 Å². The van der Waals surface area contributed by atoms with E-state index in [0.29, 0.717) is 19.4 Å². The topological polar surface area (TPSA) is 104 Å². The Morgan fingerprint density at radius 2 is 1.91 bits per heavy atom. The Hall–Kier alpha value is -1.96. The van der Waals surface area contributed by atoms with E-state index in [0.717, 1.165) is 0 Å². The Balaban J connectivity index is 2.10. The molecular formula is C14H20N2O6. The highest BCUT2D eigenvalue weighted by molar-refractivity contribution is 6.14. The van der Waals surface area contributed by atoms with Gasteiger partial charge in [0.1, 0.15) is 11.5 Å². The summed E-state index contributed by atoms with van der Waals surface area (Å²) in [6.07, 6.45) is 0.0720. The van der Waals surface area contributed by atoms with E-state index >= 15 is 0 Å². The van der Waals surface area contributed by atoms with E-state index in [4.69, 9.17) is 4.74 Å². The molecule has 2 atom stereocenters. The highest BCUT2D eigenvalue weighted by Gasteiger charge is 2.48. The molecule has 0 aliphatic carbocycles. The molecule has 22 heavy (non-hydrogen) atoms. The van der Waals surface area contributed by atoms with Gasteiger partial charge in [-0.25, -0.2) is 4.79 Å². The van der Waals surface area contributed by atoms with E-state index in [1.165, 1.54) is 4.90 Å². The maximum atomic E-state index is 12.5. The largest absolute Gasteiger partial charge is 0.444 e. The Bertz CT molecular complexity index is 524. The van der Waals surface area contributed by atoms with Gasteiger partial charge in [0, 0.05) is 13.0 Å². The third kappa shape index (κ3) is 3.11. The molecule has 0 aromatic heterocycles. The summed E-state index contributed by atoms with van der Waals surface area (Å²) in [5.41, 5.74) is -0.686. The third-order valence-electron chi connectivity index (χ3n) is 3.67. The number of hydrogen-bond donors (Lipinski definition) is 1. The molecule has 8 nitrogen and oxygen atoms in total. The van der Waals surface area contributed by atoms with Crippen LogP contribution in [0.15, 0.2) is 0 Å². The molecule has 0 radical (unpaired) electrons. The molecule has 2 heterocycles. The lowest BCUT2D eigenvalue weighted by molar-refractivity contribution is -0.172. The molecule has 2 aliphatic heterocycles. The Morgan fingerprint density at radius 1 is 1.27 bits per heavy atom. The second kappa shape index (κ2) is 5.68. The Labute approximate surface area is 127 Å². The Morgan fingerprint density at radius 3 is 2.41 bits per heavy atom. The van der Waals surface area contributed by atoms with Gasteiger partial charge in [-0.2, -0.15) is 5.06 Å². The van der Waals surface area contributed by atoms with E-state index < -0.39 is 41.3 Å². The molecule has 2 saturated heterocycles. The van der Waals surface area contributed by atoms with E-state index in [2.05, 4.69) is 0 Å². The van der Waals surface area contributed by atoms with Crippen molar-refractivity contribution in [1.29, 1.82) is 0 Å². The Kier molecular flexibility index (Phi) is 4.23. The zero-order valence-corrected chi connectivity index (χ0v) is 12.9. The molecule has 1 N–H and O–H groups in total. The molecule has 3 amide bonds. The van der Waals surface area contributed by atoms with Crippen LogP contribution in [0.2, 0.25) is 0 Å². The highest BCUT2D eigenvalue weighted by Crippen LogP contribution is 2.28. The number of carbonyl (C=O) groups excluding carboxylic acids is 4. The summed E-state index contributed by atoms with van der Waals surface area (Å²) in [6, 6.07) is -0.789. The molecule has 2 aliphatic rings. The second-order valence-electron chi connectivity index (χ2n) is 6.53. The van der Waals surface area contributed by atoms with Crippen LogP contribution in [0.4, 0.5) is 4.79 Å². The van der Waals surface area contributed by atoms with Crippen molar-refractivity contribution in [1.82, 2.24) is 9.96 Å². The first-order chi connectivity index (χ1) is 10.1. The summed E-state index contributed by atoms with van der Waals surface area (Å²) in [7, 11) is 0. The van der Waals surface area contributed by atoms with Crippen molar-refractivity contribution in [3.05, 3.63) is 0 Å². The van der Waals surface area contributed by atoms with Gasteiger partial charge in [0.25, 0.3) is 11.8 Å². The number of Topliss-reactive ketones (excluding diaryl/α,β-unsaturated/α-hetero) is 1. The van der Waals surface area contributed by atoms with Crippen LogP contribution >= 0.6 is 0 Å². The second-order valence-corrected chi connectivity index (χ2v) is 6.53. The average Bonchev–Trinajstić information content (AvgIpc) is 2.97. The molecule has 8 heteroatoms. The fraction of sp³-hybridized carbons (Fsp3) is 0.714. The van der Waals surface area contributed by atoms with Gasteiger partial charge < -0.3 is 4.74 Å². The third-order valence-corrected chi connectivity index (χ3v) is 3.67. The van der Waals surface area contributed by atoms with Gasteiger partial charge in [0.05, 0.1) is 6.04 Å². The van der Waals surface area contributed by atoms with Crippen LogP contribution in [-0.4, -0.2) is 57.0 Å². The minimum absolute atomic E-state index is 0.0185. The average molecular weight is 312 g/mol. The summed E-state index contributed by atoms with van der Waals surface area (Å²) in [6.45, 7) is 5.53. The van der Waals surface area contributed by atoms with E-state index in [9.17, 15) is 24.4 Å². The van der Waals surface area contributed by atoms with Gasteiger partial charge in [-0.3, -0.25) is 24.5 Å². The minimum Gasteiger partial charge on any atom is -0.444 e. The maximum absolute atomic E-state index is 12.5. The molecule has 0 saturated carbocycles. The SMILES string of the molecule is CC(C)(C)OC(=O)N1CCC[C@@H]1C(=O)C1CC(=O)N(O)C1=O. The van der Waals surface area contributed by atoms with Gasteiger partial charge in [-0.1, -0.05) is 0 Å². The smallest absolute Gasteiger partial charge is 0.410 e. The van der Waals surface area contributed by atoms with Crippen LogP contribution in [0.3, 0.4) is 0 Å². The standard InChI is InChI=1S/C14H20N2O6/c1-14(2,3)22-13(20)15-6-4-5-9(15)11(18)8-7-10(17)16(21)12(8)19/h8-9,21H,4-7H2,1-3H3/t8?,9-/m1/s1.